The molecule has 0 heterocycles. The lowest BCUT2D eigenvalue weighted by Gasteiger charge is -2.15. The molecule has 0 bridgehead atoms. The van der Waals surface area contributed by atoms with E-state index in [9.17, 15) is 10.2 Å². The maximum atomic E-state index is 9.47. The minimum absolute atomic E-state index is 0.00203. The van der Waals surface area contributed by atoms with Gasteiger partial charge in [0.2, 0.25) is 0 Å². The topological polar surface area (TPSA) is 86.7 Å². The van der Waals surface area contributed by atoms with E-state index in [4.69, 9.17) is 10.8 Å². The maximum absolute atomic E-state index is 9.47. The zero-order chi connectivity index (χ0) is 9.84. The van der Waals surface area contributed by atoms with Gasteiger partial charge in [0, 0.05) is 6.54 Å². The number of rotatable bonds is 3. The molecule has 4 heteroatoms. The molecule has 0 radical (unpaired) electrons. The number of aliphatic hydroxyl groups is 2. The molecule has 0 amide bonds. The number of benzene rings is 1. The van der Waals surface area contributed by atoms with Gasteiger partial charge in [-0.25, -0.2) is 0 Å². The first-order valence-electron chi connectivity index (χ1n) is 4.00. The fraction of sp³-hybridized carbons (Fsp3) is 0.333. The van der Waals surface area contributed by atoms with Gasteiger partial charge in [-0.15, -0.1) is 0 Å². The zero-order valence-corrected chi connectivity index (χ0v) is 7.09. The molecule has 2 unspecified atom stereocenters. The summed E-state index contributed by atoms with van der Waals surface area (Å²) in [5.41, 5.74) is 5.72. The van der Waals surface area contributed by atoms with E-state index in [0.29, 0.717) is 5.56 Å². The number of hydrogen-bond acceptors (Lipinski definition) is 4. The molecular weight excluding hydrogens is 170 g/mol. The Labute approximate surface area is 76.2 Å². The van der Waals surface area contributed by atoms with Gasteiger partial charge in [-0.1, -0.05) is 12.1 Å². The molecule has 72 valence electrons. The van der Waals surface area contributed by atoms with E-state index >= 15 is 0 Å². The summed E-state index contributed by atoms with van der Waals surface area (Å²) in [5, 5.41) is 27.6. The fourth-order valence-electron chi connectivity index (χ4n) is 1.02. The van der Waals surface area contributed by atoms with Gasteiger partial charge in [-0.3, -0.25) is 0 Å². The van der Waals surface area contributed by atoms with E-state index < -0.39 is 12.2 Å². The van der Waals surface area contributed by atoms with Gasteiger partial charge in [0.25, 0.3) is 0 Å². The molecule has 1 aromatic carbocycles. The van der Waals surface area contributed by atoms with Crippen molar-refractivity contribution in [1.29, 1.82) is 0 Å². The minimum Gasteiger partial charge on any atom is -0.508 e. The summed E-state index contributed by atoms with van der Waals surface area (Å²) in [4.78, 5) is 0. The molecule has 4 nitrogen and oxygen atoms in total. The number of hydrogen-bond donors (Lipinski definition) is 4. The first-order chi connectivity index (χ1) is 6.15. The van der Waals surface area contributed by atoms with Crippen LogP contribution in [-0.4, -0.2) is 28.0 Å². The second-order valence-electron chi connectivity index (χ2n) is 2.84. The Balaban J connectivity index is 2.77. The summed E-state index contributed by atoms with van der Waals surface area (Å²) >= 11 is 0. The number of nitrogens with two attached hydrogens (primary N) is 1. The molecule has 0 fully saturated rings. The molecule has 5 N–H and O–H groups in total. The average molecular weight is 183 g/mol. The van der Waals surface area contributed by atoms with Gasteiger partial charge in [-0.2, -0.15) is 0 Å². The summed E-state index contributed by atoms with van der Waals surface area (Å²) in [6.07, 6.45) is -1.96. The van der Waals surface area contributed by atoms with Crippen molar-refractivity contribution in [2.24, 2.45) is 5.73 Å². The summed E-state index contributed by atoms with van der Waals surface area (Å²) in [6, 6.07) is 5.97. The summed E-state index contributed by atoms with van der Waals surface area (Å²) in [7, 11) is 0. The largest absolute Gasteiger partial charge is 0.508 e. The number of aliphatic hydroxyl groups excluding tert-OH is 2. The Morgan fingerprint density at radius 3 is 2.15 bits per heavy atom. The van der Waals surface area contributed by atoms with Gasteiger partial charge in [0.1, 0.15) is 11.9 Å². The van der Waals surface area contributed by atoms with E-state index in [0.717, 1.165) is 0 Å². The van der Waals surface area contributed by atoms with Crippen molar-refractivity contribution in [2.45, 2.75) is 12.2 Å². The molecule has 0 saturated heterocycles. The Bertz CT molecular complexity index is 260. The molecule has 0 aromatic heterocycles. The van der Waals surface area contributed by atoms with Crippen LogP contribution in [0.4, 0.5) is 0 Å². The standard InChI is InChI=1S/C9H13NO3/c10-5-8(12)9(13)6-1-3-7(11)4-2-6/h1-4,8-9,11-13H,5,10H2. The van der Waals surface area contributed by atoms with Crippen molar-refractivity contribution in [3.63, 3.8) is 0 Å². The van der Waals surface area contributed by atoms with Crippen LogP contribution < -0.4 is 5.73 Å². The Hall–Kier alpha value is -1.10. The molecule has 0 aliphatic carbocycles. The monoisotopic (exact) mass is 183 g/mol. The van der Waals surface area contributed by atoms with Gasteiger partial charge < -0.3 is 21.1 Å². The van der Waals surface area contributed by atoms with Crippen molar-refractivity contribution in [3.05, 3.63) is 29.8 Å². The number of phenols is 1. The lowest BCUT2D eigenvalue weighted by molar-refractivity contribution is 0.0243. The summed E-state index contributed by atoms with van der Waals surface area (Å²) < 4.78 is 0. The SMILES string of the molecule is NCC(O)C(O)c1ccc(O)cc1. The highest BCUT2D eigenvalue weighted by Crippen LogP contribution is 2.18. The molecule has 0 aliphatic rings. The van der Waals surface area contributed by atoms with Crippen LogP contribution in [0.1, 0.15) is 11.7 Å². The Morgan fingerprint density at radius 1 is 1.15 bits per heavy atom. The van der Waals surface area contributed by atoms with Crippen molar-refractivity contribution in [1.82, 2.24) is 0 Å². The molecule has 0 spiro atoms. The fourth-order valence-corrected chi connectivity index (χ4v) is 1.02. The normalized spacial score (nSPS) is 15.3. The molecule has 1 rings (SSSR count). The van der Waals surface area contributed by atoms with E-state index in [2.05, 4.69) is 0 Å². The molecule has 1 aromatic rings. The van der Waals surface area contributed by atoms with Crippen molar-refractivity contribution in [2.75, 3.05) is 6.54 Å². The van der Waals surface area contributed by atoms with Crippen LogP contribution in [0.25, 0.3) is 0 Å². The molecular formula is C9H13NO3. The Morgan fingerprint density at radius 2 is 1.69 bits per heavy atom. The van der Waals surface area contributed by atoms with Crippen LogP contribution in [0.15, 0.2) is 24.3 Å². The number of aromatic hydroxyl groups is 1. The predicted molar refractivity (Wildman–Crippen MR) is 48.1 cm³/mol. The van der Waals surface area contributed by atoms with Crippen LogP contribution in [0.5, 0.6) is 5.75 Å². The predicted octanol–water partition coefficient (Wildman–Crippen LogP) is -0.255. The van der Waals surface area contributed by atoms with Gasteiger partial charge in [0.15, 0.2) is 0 Å². The highest BCUT2D eigenvalue weighted by molar-refractivity contribution is 5.27. The third-order valence-electron chi connectivity index (χ3n) is 1.84. The van der Waals surface area contributed by atoms with Crippen LogP contribution in [0, 0.1) is 0 Å². The van der Waals surface area contributed by atoms with Crippen molar-refractivity contribution >= 4 is 0 Å². The number of phenolic OH excluding ortho intramolecular Hbond substituents is 1. The third kappa shape index (κ3) is 2.42. The minimum atomic E-state index is -0.995. The lowest BCUT2D eigenvalue weighted by Crippen LogP contribution is -2.27. The first kappa shape index (κ1) is 9.98. The quantitative estimate of drug-likeness (QED) is 0.520. The first-order valence-corrected chi connectivity index (χ1v) is 4.00. The van der Waals surface area contributed by atoms with Gasteiger partial charge in [-0.05, 0) is 17.7 Å². The summed E-state index contributed by atoms with van der Waals surface area (Å²) in [6.45, 7) is 0.00203. The lowest BCUT2D eigenvalue weighted by atomic mass is 10.0. The van der Waals surface area contributed by atoms with Crippen LogP contribution in [0.2, 0.25) is 0 Å². The van der Waals surface area contributed by atoms with Crippen LogP contribution >= 0.6 is 0 Å². The molecule has 0 saturated carbocycles. The highest BCUT2D eigenvalue weighted by atomic mass is 16.3. The average Bonchev–Trinajstić information content (AvgIpc) is 2.17. The third-order valence-corrected chi connectivity index (χ3v) is 1.84. The van der Waals surface area contributed by atoms with Gasteiger partial charge >= 0.3 is 0 Å². The van der Waals surface area contributed by atoms with Crippen LogP contribution in [-0.2, 0) is 0 Å². The summed E-state index contributed by atoms with van der Waals surface area (Å²) in [5.74, 6) is 0.123. The highest BCUT2D eigenvalue weighted by Gasteiger charge is 2.15. The second-order valence-corrected chi connectivity index (χ2v) is 2.84. The smallest absolute Gasteiger partial charge is 0.115 e. The van der Waals surface area contributed by atoms with Crippen molar-refractivity contribution in [3.8, 4) is 5.75 Å². The maximum Gasteiger partial charge on any atom is 0.115 e. The van der Waals surface area contributed by atoms with Crippen molar-refractivity contribution < 1.29 is 15.3 Å². The Kier molecular flexibility index (Phi) is 3.25. The van der Waals surface area contributed by atoms with E-state index in [1.54, 1.807) is 12.1 Å². The zero-order valence-electron chi connectivity index (χ0n) is 7.09. The molecule has 2 atom stereocenters. The van der Waals surface area contributed by atoms with E-state index in [1.165, 1.54) is 12.1 Å². The van der Waals surface area contributed by atoms with Gasteiger partial charge in [0.05, 0.1) is 6.10 Å². The second kappa shape index (κ2) is 4.23. The van der Waals surface area contributed by atoms with E-state index in [1.807, 2.05) is 0 Å². The van der Waals surface area contributed by atoms with E-state index in [-0.39, 0.29) is 12.3 Å². The molecule has 0 aliphatic heterocycles. The van der Waals surface area contributed by atoms with Crippen LogP contribution in [0.3, 0.4) is 0 Å². The molecule has 13 heavy (non-hydrogen) atoms.